The minimum atomic E-state index is 0.336. The Morgan fingerprint density at radius 3 is 1.82 bits per heavy atom. The molecule has 0 aromatic carbocycles. The van der Waals surface area contributed by atoms with E-state index in [4.69, 9.17) is 5.11 Å². The van der Waals surface area contributed by atoms with E-state index in [2.05, 4.69) is 27.7 Å². The van der Waals surface area contributed by atoms with E-state index in [0.29, 0.717) is 12.5 Å². The number of hydrogen-bond acceptors (Lipinski definition) is 1. The molecule has 0 fully saturated rings. The molecule has 1 nitrogen and oxygen atoms in total. The van der Waals surface area contributed by atoms with E-state index in [-0.39, 0.29) is 0 Å². The summed E-state index contributed by atoms with van der Waals surface area (Å²) in [6.07, 6.45) is 2.44. The van der Waals surface area contributed by atoms with Crippen LogP contribution in [0.3, 0.4) is 0 Å². The van der Waals surface area contributed by atoms with Gasteiger partial charge in [0.15, 0.2) is 0 Å². The van der Waals surface area contributed by atoms with E-state index in [1.807, 2.05) is 0 Å². The molecule has 0 aromatic heterocycles. The molecule has 0 aliphatic heterocycles. The van der Waals surface area contributed by atoms with Crippen molar-refractivity contribution in [3.63, 3.8) is 0 Å². The molecule has 0 aliphatic rings. The molecule has 0 bridgehead atoms. The third kappa shape index (κ3) is 6.36. The lowest BCUT2D eigenvalue weighted by Crippen LogP contribution is -2.08. The zero-order valence-corrected chi connectivity index (χ0v) is 8.30. The van der Waals surface area contributed by atoms with Gasteiger partial charge in [-0.1, -0.05) is 27.7 Å². The van der Waals surface area contributed by atoms with Gasteiger partial charge >= 0.3 is 0 Å². The highest BCUT2D eigenvalue weighted by molar-refractivity contribution is 4.60. The van der Waals surface area contributed by atoms with E-state index in [9.17, 15) is 0 Å². The van der Waals surface area contributed by atoms with Gasteiger partial charge in [-0.05, 0) is 30.6 Å². The van der Waals surface area contributed by atoms with Gasteiger partial charge in [0.2, 0.25) is 0 Å². The topological polar surface area (TPSA) is 20.2 Å². The van der Waals surface area contributed by atoms with Crippen LogP contribution in [0.5, 0.6) is 0 Å². The van der Waals surface area contributed by atoms with Crippen molar-refractivity contribution in [1.82, 2.24) is 0 Å². The summed E-state index contributed by atoms with van der Waals surface area (Å²) in [4.78, 5) is 0. The van der Waals surface area contributed by atoms with Crippen LogP contribution < -0.4 is 0 Å². The van der Waals surface area contributed by atoms with Crippen molar-refractivity contribution < 1.29 is 5.11 Å². The summed E-state index contributed by atoms with van der Waals surface area (Å²) in [7, 11) is 0. The molecule has 0 unspecified atom stereocenters. The van der Waals surface area contributed by atoms with Crippen LogP contribution in [0.25, 0.3) is 0 Å². The van der Waals surface area contributed by atoms with Gasteiger partial charge in [-0.2, -0.15) is 0 Å². The lowest BCUT2D eigenvalue weighted by atomic mass is 9.91. The molecule has 0 aliphatic carbocycles. The molecule has 0 saturated carbocycles. The van der Waals surface area contributed by atoms with Gasteiger partial charge in [-0.3, -0.25) is 0 Å². The quantitative estimate of drug-likeness (QED) is 0.652. The molecule has 68 valence electrons. The van der Waals surface area contributed by atoms with Gasteiger partial charge in [0.25, 0.3) is 0 Å². The van der Waals surface area contributed by atoms with Crippen LogP contribution in [0, 0.1) is 17.8 Å². The highest BCUT2D eigenvalue weighted by Gasteiger charge is 2.08. The average Bonchev–Trinajstić information content (AvgIpc) is 1.85. The van der Waals surface area contributed by atoms with Crippen molar-refractivity contribution in [2.75, 3.05) is 6.61 Å². The van der Waals surface area contributed by atoms with Gasteiger partial charge in [-0.15, -0.1) is 0 Å². The Morgan fingerprint density at radius 1 is 0.909 bits per heavy atom. The Labute approximate surface area is 70.8 Å². The van der Waals surface area contributed by atoms with Crippen molar-refractivity contribution in [2.45, 2.75) is 40.5 Å². The van der Waals surface area contributed by atoms with Crippen LogP contribution >= 0.6 is 0 Å². The van der Waals surface area contributed by atoms with Crippen LogP contribution in [0.2, 0.25) is 0 Å². The first-order valence-corrected chi connectivity index (χ1v) is 4.67. The zero-order valence-electron chi connectivity index (χ0n) is 8.30. The smallest absolute Gasteiger partial charge is 0.0456 e. The van der Waals surface area contributed by atoms with Crippen molar-refractivity contribution in [3.05, 3.63) is 0 Å². The Balaban J connectivity index is 3.43. The fourth-order valence-corrected chi connectivity index (χ4v) is 1.66. The average molecular weight is 158 g/mol. The maximum atomic E-state index is 8.82. The minimum Gasteiger partial charge on any atom is -0.396 e. The Bertz CT molecular complexity index is 88.9. The van der Waals surface area contributed by atoms with Gasteiger partial charge < -0.3 is 5.11 Å². The second-order valence-corrected chi connectivity index (χ2v) is 4.26. The summed E-state index contributed by atoms with van der Waals surface area (Å²) in [5.74, 6) is 2.02. The Kier molecular flexibility index (Phi) is 5.57. The van der Waals surface area contributed by atoms with Crippen molar-refractivity contribution in [3.8, 4) is 0 Å². The molecule has 0 spiro atoms. The standard InChI is InChI=1S/C10H22O/c1-8(2)5-9(3)6-10(4)7-11/h8-11H,5-7H2,1-4H3/t9-,10+/m1/s1. The summed E-state index contributed by atoms with van der Waals surface area (Å²) in [6.45, 7) is 9.21. The molecule has 1 heteroatoms. The van der Waals surface area contributed by atoms with Crippen LogP contribution in [0.1, 0.15) is 40.5 Å². The predicted molar refractivity (Wildman–Crippen MR) is 49.5 cm³/mol. The molecule has 11 heavy (non-hydrogen) atoms. The van der Waals surface area contributed by atoms with Gasteiger partial charge in [0.05, 0.1) is 0 Å². The van der Waals surface area contributed by atoms with Gasteiger partial charge in [0, 0.05) is 6.61 Å². The van der Waals surface area contributed by atoms with E-state index in [1.165, 1.54) is 6.42 Å². The molecule has 2 atom stereocenters. The third-order valence-corrected chi connectivity index (χ3v) is 1.99. The summed E-state index contributed by atoms with van der Waals surface area (Å²) in [6, 6.07) is 0. The van der Waals surface area contributed by atoms with Crippen LogP contribution in [-0.2, 0) is 0 Å². The summed E-state index contributed by atoms with van der Waals surface area (Å²) in [5.41, 5.74) is 0. The highest BCUT2D eigenvalue weighted by Crippen LogP contribution is 2.18. The molecule has 0 radical (unpaired) electrons. The monoisotopic (exact) mass is 158 g/mol. The van der Waals surface area contributed by atoms with Crippen molar-refractivity contribution >= 4 is 0 Å². The Morgan fingerprint density at radius 2 is 1.45 bits per heavy atom. The number of aliphatic hydroxyl groups excluding tert-OH is 1. The fourth-order valence-electron chi connectivity index (χ4n) is 1.66. The van der Waals surface area contributed by atoms with E-state index < -0.39 is 0 Å². The molecule has 0 amide bonds. The van der Waals surface area contributed by atoms with E-state index >= 15 is 0 Å². The zero-order chi connectivity index (χ0) is 8.85. The molecule has 0 saturated heterocycles. The van der Waals surface area contributed by atoms with E-state index in [1.54, 1.807) is 0 Å². The van der Waals surface area contributed by atoms with Crippen LogP contribution in [-0.4, -0.2) is 11.7 Å². The SMILES string of the molecule is CC(C)C[C@@H](C)C[C@H](C)CO. The number of aliphatic hydroxyl groups is 1. The second kappa shape index (κ2) is 5.59. The molecule has 0 rings (SSSR count). The van der Waals surface area contributed by atoms with Gasteiger partial charge in [0.1, 0.15) is 0 Å². The Hall–Kier alpha value is -0.0400. The number of rotatable bonds is 5. The van der Waals surface area contributed by atoms with Crippen molar-refractivity contribution in [1.29, 1.82) is 0 Å². The normalized spacial score (nSPS) is 16.9. The van der Waals surface area contributed by atoms with Crippen molar-refractivity contribution in [2.24, 2.45) is 17.8 Å². The predicted octanol–water partition coefficient (Wildman–Crippen LogP) is 2.69. The first-order valence-electron chi connectivity index (χ1n) is 4.67. The molecule has 1 N–H and O–H groups in total. The summed E-state index contributed by atoms with van der Waals surface area (Å²) < 4.78 is 0. The third-order valence-electron chi connectivity index (χ3n) is 1.99. The lowest BCUT2D eigenvalue weighted by Gasteiger charge is -2.16. The first-order chi connectivity index (χ1) is 5.06. The molecular weight excluding hydrogens is 136 g/mol. The highest BCUT2D eigenvalue weighted by atomic mass is 16.3. The summed E-state index contributed by atoms with van der Waals surface area (Å²) in [5, 5.41) is 8.82. The molecular formula is C10H22O. The molecule has 0 aromatic rings. The largest absolute Gasteiger partial charge is 0.396 e. The maximum absolute atomic E-state index is 8.82. The van der Waals surface area contributed by atoms with E-state index in [0.717, 1.165) is 18.3 Å². The van der Waals surface area contributed by atoms with Crippen LogP contribution in [0.4, 0.5) is 0 Å². The summed E-state index contributed by atoms with van der Waals surface area (Å²) >= 11 is 0. The van der Waals surface area contributed by atoms with Gasteiger partial charge in [-0.25, -0.2) is 0 Å². The fraction of sp³-hybridized carbons (Fsp3) is 1.00. The maximum Gasteiger partial charge on any atom is 0.0456 e. The minimum absolute atomic E-state index is 0.336. The van der Waals surface area contributed by atoms with Crippen LogP contribution in [0.15, 0.2) is 0 Å². The lowest BCUT2D eigenvalue weighted by molar-refractivity contribution is 0.209. The molecule has 0 heterocycles. The number of hydrogen-bond donors (Lipinski definition) is 1. The second-order valence-electron chi connectivity index (χ2n) is 4.26. The first kappa shape index (κ1) is 11.0.